The van der Waals surface area contributed by atoms with Gasteiger partial charge in [0.2, 0.25) is 0 Å². The first-order chi connectivity index (χ1) is 9.40. The summed E-state index contributed by atoms with van der Waals surface area (Å²) < 4.78 is 52.7. The fourth-order valence-corrected chi connectivity index (χ4v) is 2.17. The second kappa shape index (κ2) is 5.81. The van der Waals surface area contributed by atoms with Gasteiger partial charge in [0.15, 0.2) is 23.3 Å². The van der Waals surface area contributed by atoms with E-state index in [9.17, 15) is 17.6 Å². The first-order valence-electron chi connectivity index (χ1n) is 5.73. The van der Waals surface area contributed by atoms with Gasteiger partial charge in [0, 0.05) is 11.1 Å². The van der Waals surface area contributed by atoms with Gasteiger partial charge in [-0.3, -0.25) is 0 Å². The van der Waals surface area contributed by atoms with Crippen molar-refractivity contribution in [2.45, 2.75) is 12.5 Å². The predicted molar refractivity (Wildman–Crippen MR) is 68.4 cm³/mol. The quantitative estimate of drug-likeness (QED) is 0.669. The molecule has 0 bridgehead atoms. The Kier molecular flexibility index (Phi) is 4.30. The average molecular weight is 304 g/mol. The summed E-state index contributed by atoms with van der Waals surface area (Å²) in [4.78, 5) is 0. The second-order valence-electron chi connectivity index (χ2n) is 4.31. The van der Waals surface area contributed by atoms with Crippen molar-refractivity contribution in [3.63, 3.8) is 0 Å². The van der Waals surface area contributed by atoms with Crippen LogP contribution in [-0.2, 0) is 6.42 Å². The minimum absolute atomic E-state index is 0.0401. The molecule has 0 aromatic heterocycles. The lowest BCUT2D eigenvalue weighted by molar-refractivity contribution is 0.492. The zero-order valence-electron chi connectivity index (χ0n) is 10.1. The first-order valence-corrected chi connectivity index (χ1v) is 6.11. The van der Waals surface area contributed by atoms with Gasteiger partial charge < -0.3 is 5.73 Å². The molecule has 2 N–H and O–H groups in total. The van der Waals surface area contributed by atoms with Crippen LogP contribution in [0.25, 0.3) is 0 Å². The summed E-state index contributed by atoms with van der Waals surface area (Å²) in [5.41, 5.74) is 5.98. The van der Waals surface area contributed by atoms with Gasteiger partial charge in [0.25, 0.3) is 0 Å². The highest BCUT2D eigenvalue weighted by atomic mass is 35.5. The van der Waals surface area contributed by atoms with E-state index in [1.54, 1.807) is 0 Å². The molecule has 0 radical (unpaired) electrons. The third kappa shape index (κ3) is 2.94. The van der Waals surface area contributed by atoms with Crippen LogP contribution in [0.1, 0.15) is 17.2 Å². The van der Waals surface area contributed by atoms with Gasteiger partial charge in [-0.1, -0.05) is 23.7 Å². The maximum absolute atomic E-state index is 13.5. The van der Waals surface area contributed by atoms with E-state index >= 15 is 0 Å². The molecule has 1 unspecified atom stereocenters. The van der Waals surface area contributed by atoms with Gasteiger partial charge >= 0.3 is 0 Å². The number of benzene rings is 2. The maximum Gasteiger partial charge on any atom is 0.162 e. The minimum Gasteiger partial charge on any atom is -0.324 e. The SMILES string of the molecule is NC(Cc1cccc(F)c1F)c1cc(F)c(F)cc1Cl. The summed E-state index contributed by atoms with van der Waals surface area (Å²) in [6.07, 6.45) is -0.0889. The van der Waals surface area contributed by atoms with E-state index in [4.69, 9.17) is 17.3 Å². The molecule has 0 spiro atoms. The Morgan fingerprint density at radius 1 is 1.00 bits per heavy atom. The Bertz CT molecular complexity index is 645. The summed E-state index contributed by atoms with van der Waals surface area (Å²) in [6.45, 7) is 0. The third-order valence-electron chi connectivity index (χ3n) is 2.91. The molecule has 0 heterocycles. The van der Waals surface area contributed by atoms with Crippen LogP contribution in [0.2, 0.25) is 5.02 Å². The Morgan fingerprint density at radius 2 is 1.65 bits per heavy atom. The van der Waals surface area contributed by atoms with E-state index in [0.717, 1.165) is 18.2 Å². The highest BCUT2D eigenvalue weighted by molar-refractivity contribution is 6.31. The number of hydrogen-bond donors (Lipinski definition) is 1. The van der Waals surface area contributed by atoms with Crippen LogP contribution in [0, 0.1) is 23.3 Å². The van der Waals surface area contributed by atoms with E-state index in [-0.39, 0.29) is 22.6 Å². The van der Waals surface area contributed by atoms with E-state index < -0.39 is 29.3 Å². The largest absolute Gasteiger partial charge is 0.324 e. The smallest absolute Gasteiger partial charge is 0.162 e. The van der Waals surface area contributed by atoms with Crippen LogP contribution in [0.15, 0.2) is 30.3 Å². The Labute approximate surface area is 118 Å². The Morgan fingerprint density at radius 3 is 2.35 bits per heavy atom. The van der Waals surface area contributed by atoms with E-state index in [1.165, 1.54) is 12.1 Å². The van der Waals surface area contributed by atoms with Gasteiger partial charge in [0.05, 0.1) is 0 Å². The highest BCUT2D eigenvalue weighted by Gasteiger charge is 2.17. The zero-order chi connectivity index (χ0) is 14.9. The minimum atomic E-state index is -1.10. The molecule has 0 saturated heterocycles. The number of halogens is 5. The van der Waals surface area contributed by atoms with Crippen molar-refractivity contribution in [3.8, 4) is 0 Å². The van der Waals surface area contributed by atoms with Crippen LogP contribution in [0.4, 0.5) is 17.6 Å². The highest BCUT2D eigenvalue weighted by Crippen LogP contribution is 2.27. The van der Waals surface area contributed by atoms with Crippen molar-refractivity contribution >= 4 is 11.6 Å². The van der Waals surface area contributed by atoms with Crippen molar-refractivity contribution in [1.82, 2.24) is 0 Å². The summed E-state index contributed by atoms with van der Waals surface area (Å²) >= 11 is 5.78. The standard InChI is InChI=1S/C14H10ClF4N/c15-9-6-12(18)11(17)5-8(9)13(20)4-7-2-1-3-10(16)14(7)19/h1-3,5-6,13H,4,20H2. The van der Waals surface area contributed by atoms with Crippen molar-refractivity contribution in [2.75, 3.05) is 0 Å². The first kappa shape index (κ1) is 14.8. The summed E-state index contributed by atoms with van der Waals surface area (Å²) in [6, 6.07) is 4.47. The van der Waals surface area contributed by atoms with Gasteiger partial charge in [-0.25, -0.2) is 17.6 Å². The molecule has 0 amide bonds. The van der Waals surface area contributed by atoms with Crippen molar-refractivity contribution < 1.29 is 17.6 Å². The third-order valence-corrected chi connectivity index (χ3v) is 3.24. The van der Waals surface area contributed by atoms with E-state index in [2.05, 4.69) is 0 Å². The Balaban J connectivity index is 2.31. The molecule has 1 atom stereocenters. The molecule has 2 aromatic rings. The normalized spacial score (nSPS) is 12.5. The molecular weight excluding hydrogens is 294 g/mol. The molecule has 1 nitrogen and oxygen atoms in total. The fraction of sp³-hybridized carbons (Fsp3) is 0.143. The molecule has 0 aliphatic carbocycles. The monoisotopic (exact) mass is 303 g/mol. The summed E-state index contributed by atoms with van der Waals surface area (Å²) in [7, 11) is 0. The van der Waals surface area contributed by atoms with Gasteiger partial charge in [-0.2, -0.15) is 0 Å². The van der Waals surface area contributed by atoms with Crippen molar-refractivity contribution in [3.05, 3.63) is 69.8 Å². The topological polar surface area (TPSA) is 26.0 Å². The molecule has 0 aliphatic rings. The molecule has 0 aliphatic heterocycles. The summed E-state index contributed by atoms with van der Waals surface area (Å²) in [5, 5.41) is -0.0618. The van der Waals surface area contributed by atoms with Crippen LogP contribution in [-0.4, -0.2) is 0 Å². The van der Waals surface area contributed by atoms with E-state index in [0.29, 0.717) is 0 Å². The van der Waals surface area contributed by atoms with Crippen LogP contribution in [0.5, 0.6) is 0 Å². The molecule has 0 saturated carbocycles. The molecular formula is C14H10ClF4N. The van der Waals surface area contributed by atoms with Crippen LogP contribution < -0.4 is 5.73 Å². The Hall–Kier alpha value is -1.59. The van der Waals surface area contributed by atoms with Gasteiger partial charge in [-0.15, -0.1) is 0 Å². The average Bonchev–Trinajstić information content (AvgIpc) is 2.39. The number of rotatable bonds is 3. The van der Waals surface area contributed by atoms with Crippen molar-refractivity contribution in [1.29, 1.82) is 0 Å². The zero-order valence-corrected chi connectivity index (χ0v) is 10.9. The lowest BCUT2D eigenvalue weighted by Crippen LogP contribution is -2.15. The molecule has 2 rings (SSSR count). The maximum atomic E-state index is 13.5. The molecule has 20 heavy (non-hydrogen) atoms. The van der Waals surface area contributed by atoms with Crippen LogP contribution >= 0.6 is 11.6 Å². The van der Waals surface area contributed by atoms with Crippen molar-refractivity contribution in [2.24, 2.45) is 5.73 Å². The van der Waals surface area contributed by atoms with Gasteiger partial charge in [0.1, 0.15) is 0 Å². The lowest BCUT2D eigenvalue weighted by atomic mass is 9.99. The number of hydrogen-bond acceptors (Lipinski definition) is 1. The fourth-order valence-electron chi connectivity index (χ4n) is 1.88. The molecule has 0 fully saturated rings. The second-order valence-corrected chi connectivity index (χ2v) is 4.72. The molecule has 2 aromatic carbocycles. The summed E-state index contributed by atoms with van der Waals surface area (Å²) in [5.74, 6) is -4.20. The predicted octanol–water partition coefficient (Wildman–Crippen LogP) is 4.14. The molecule has 6 heteroatoms. The number of nitrogens with two attached hydrogens (primary N) is 1. The van der Waals surface area contributed by atoms with Gasteiger partial charge in [-0.05, 0) is 35.7 Å². The molecule has 106 valence electrons. The van der Waals surface area contributed by atoms with Crippen LogP contribution in [0.3, 0.4) is 0 Å². The van der Waals surface area contributed by atoms with E-state index in [1.807, 2.05) is 0 Å². The lowest BCUT2D eigenvalue weighted by Gasteiger charge is -2.15.